The first-order valence-corrected chi connectivity index (χ1v) is 5.65. The van der Waals surface area contributed by atoms with Crippen LogP contribution in [0.4, 0.5) is 0 Å². The highest BCUT2D eigenvalue weighted by atomic mass is 16.2. The van der Waals surface area contributed by atoms with Crippen molar-refractivity contribution >= 4 is 11.8 Å². The van der Waals surface area contributed by atoms with Crippen LogP contribution >= 0.6 is 0 Å². The Morgan fingerprint density at radius 2 is 1.47 bits per heavy atom. The predicted octanol–water partition coefficient (Wildman–Crippen LogP) is 0.0105. The molecule has 5 heteroatoms. The second-order valence-corrected chi connectivity index (χ2v) is 3.70. The molecule has 0 aliphatic heterocycles. The molecule has 0 aliphatic rings. The number of carbonyl (C=O) groups is 2. The maximum absolute atomic E-state index is 11.7. The summed E-state index contributed by atoms with van der Waals surface area (Å²) < 4.78 is 1.70. The summed E-state index contributed by atoms with van der Waals surface area (Å²) >= 11 is 0. The lowest BCUT2D eigenvalue weighted by atomic mass is 10.2. The number of aryl methyl sites for hydroxylation is 1. The van der Waals surface area contributed by atoms with Gasteiger partial charge in [0.2, 0.25) is 0 Å². The van der Waals surface area contributed by atoms with Gasteiger partial charge in [-0.15, -0.1) is 0 Å². The zero-order valence-corrected chi connectivity index (χ0v) is 10.4. The zero-order chi connectivity index (χ0) is 12.8. The molecule has 0 saturated heterocycles. The molecule has 0 radical (unpaired) electrons. The Bertz CT molecular complexity index is 394. The molecule has 0 aliphatic carbocycles. The fourth-order valence-corrected chi connectivity index (χ4v) is 1.49. The zero-order valence-electron chi connectivity index (χ0n) is 10.4. The number of rotatable bonds is 4. The first-order valence-electron chi connectivity index (χ1n) is 5.65. The Morgan fingerprint density at radius 3 is 1.82 bits per heavy atom. The summed E-state index contributed by atoms with van der Waals surface area (Å²) in [5.74, 6) is -0.344. The predicted molar refractivity (Wildman–Crippen MR) is 63.6 cm³/mol. The molecule has 2 amide bonds. The van der Waals surface area contributed by atoms with Crippen LogP contribution in [0.2, 0.25) is 0 Å². The lowest BCUT2D eigenvalue weighted by Gasteiger charge is -2.04. The monoisotopic (exact) mass is 236 g/mol. The van der Waals surface area contributed by atoms with E-state index >= 15 is 0 Å². The fourth-order valence-electron chi connectivity index (χ4n) is 1.49. The molecule has 0 bridgehead atoms. The summed E-state index contributed by atoms with van der Waals surface area (Å²) in [4.78, 5) is 23.3. The maximum atomic E-state index is 11.7. The van der Waals surface area contributed by atoms with Gasteiger partial charge >= 0.3 is 0 Å². The summed E-state index contributed by atoms with van der Waals surface area (Å²) in [5, 5.41) is 5.41. The Balaban J connectivity index is 3.01. The number of pyridine rings is 1. The fraction of sp³-hybridized carbons (Fsp3) is 0.417. The van der Waals surface area contributed by atoms with Gasteiger partial charge in [0.05, 0.1) is 0 Å². The standard InChI is InChI=1S/C12H17N3O2/c1-4-13-11(16)9-6-10(8-15(3)7-9)12(17)14-5-2/h6-8H,4-5H2,1-3H3,(H-,13,14,16,17)/p+1. The van der Waals surface area contributed by atoms with E-state index in [1.54, 1.807) is 30.1 Å². The molecule has 92 valence electrons. The normalized spacial score (nSPS) is 9.82. The average Bonchev–Trinajstić information content (AvgIpc) is 2.29. The summed E-state index contributed by atoms with van der Waals surface area (Å²) in [5.41, 5.74) is 0.969. The number of nitrogens with zero attached hydrogens (tertiary/aromatic N) is 1. The molecule has 0 saturated carbocycles. The van der Waals surface area contributed by atoms with Crippen LogP contribution in [-0.4, -0.2) is 24.9 Å². The van der Waals surface area contributed by atoms with Crippen molar-refractivity contribution in [2.45, 2.75) is 13.8 Å². The molecular weight excluding hydrogens is 218 g/mol. The van der Waals surface area contributed by atoms with Crippen molar-refractivity contribution in [1.29, 1.82) is 0 Å². The number of hydrogen-bond donors (Lipinski definition) is 2. The largest absolute Gasteiger partial charge is 0.352 e. The molecule has 0 spiro atoms. The van der Waals surface area contributed by atoms with Crippen LogP contribution in [0.5, 0.6) is 0 Å². The van der Waals surface area contributed by atoms with Crippen molar-refractivity contribution in [3.63, 3.8) is 0 Å². The molecule has 1 aromatic rings. The van der Waals surface area contributed by atoms with Crippen molar-refractivity contribution in [2.75, 3.05) is 13.1 Å². The van der Waals surface area contributed by atoms with Crippen molar-refractivity contribution < 1.29 is 14.2 Å². The van der Waals surface area contributed by atoms with Crippen molar-refractivity contribution in [3.05, 3.63) is 29.6 Å². The van der Waals surface area contributed by atoms with Crippen LogP contribution in [0.15, 0.2) is 18.5 Å². The van der Waals surface area contributed by atoms with Gasteiger partial charge in [-0.2, -0.15) is 0 Å². The molecule has 0 fully saturated rings. The van der Waals surface area contributed by atoms with E-state index in [0.717, 1.165) is 0 Å². The summed E-state index contributed by atoms with van der Waals surface area (Å²) in [6, 6.07) is 1.59. The Morgan fingerprint density at radius 1 is 1.06 bits per heavy atom. The molecular formula is C12H18N3O2+. The SMILES string of the molecule is CCNC(=O)c1cc(C(=O)NCC)c[n+](C)c1. The van der Waals surface area contributed by atoms with Crippen LogP contribution in [0.3, 0.4) is 0 Å². The number of nitrogens with one attached hydrogen (secondary N) is 2. The molecule has 0 atom stereocenters. The van der Waals surface area contributed by atoms with Crippen LogP contribution in [0, 0.1) is 0 Å². The summed E-state index contributed by atoms with van der Waals surface area (Å²) in [6.45, 7) is 4.83. The molecule has 17 heavy (non-hydrogen) atoms. The number of carbonyl (C=O) groups excluding carboxylic acids is 2. The highest BCUT2D eigenvalue weighted by Gasteiger charge is 2.15. The van der Waals surface area contributed by atoms with Gasteiger partial charge in [-0.05, 0) is 19.9 Å². The van der Waals surface area contributed by atoms with E-state index < -0.39 is 0 Å². The molecule has 0 aromatic carbocycles. The third-order valence-corrected chi connectivity index (χ3v) is 2.20. The van der Waals surface area contributed by atoms with E-state index in [1.165, 1.54) is 0 Å². The number of amides is 2. The van der Waals surface area contributed by atoms with Gasteiger partial charge in [0.1, 0.15) is 18.2 Å². The second-order valence-electron chi connectivity index (χ2n) is 3.70. The van der Waals surface area contributed by atoms with Crippen LogP contribution in [0.25, 0.3) is 0 Å². The minimum Gasteiger partial charge on any atom is -0.352 e. The summed E-state index contributed by atoms with van der Waals surface area (Å²) in [6.07, 6.45) is 3.38. The average molecular weight is 236 g/mol. The van der Waals surface area contributed by atoms with Gasteiger partial charge < -0.3 is 10.6 Å². The van der Waals surface area contributed by atoms with E-state index in [0.29, 0.717) is 24.2 Å². The van der Waals surface area contributed by atoms with E-state index in [-0.39, 0.29) is 11.8 Å². The topological polar surface area (TPSA) is 62.1 Å². The van der Waals surface area contributed by atoms with Gasteiger partial charge in [0, 0.05) is 13.1 Å². The van der Waals surface area contributed by atoms with Gasteiger partial charge in [-0.25, -0.2) is 4.57 Å². The lowest BCUT2D eigenvalue weighted by Crippen LogP contribution is -2.34. The highest BCUT2D eigenvalue weighted by molar-refractivity contribution is 5.98. The molecule has 1 rings (SSSR count). The van der Waals surface area contributed by atoms with E-state index in [1.807, 2.05) is 13.8 Å². The van der Waals surface area contributed by atoms with Gasteiger partial charge in [0.15, 0.2) is 12.4 Å². The molecule has 2 N–H and O–H groups in total. The Kier molecular flexibility index (Phi) is 4.63. The minimum atomic E-state index is -0.172. The molecule has 1 heterocycles. The minimum absolute atomic E-state index is 0.172. The van der Waals surface area contributed by atoms with E-state index in [2.05, 4.69) is 10.6 Å². The maximum Gasteiger partial charge on any atom is 0.257 e. The van der Waals surface area contributed by atoms with Crippen LogP contribution in [-0.2, 0) is 7.05 Å². The van der Waals surface area contributed by atoms with Crippen molar-refractivity contribution in [1.82, 2.24) is 10.6 Å². The molecule has 0 unspecified atom stereocenters. The Labute approximate surface area is 101 Å². The number of aromatic nitrogens is 1. The van der Waals surface area contributed by atoms with Gasteiger partial charge in [-0.3, -0.25) is 9.59 Å². The first-order chi connectivity index (χ1) is 8.08. The molecule has 1 aromatic heterocycles. The second kappa shape index (κ2) is 5.98. The van der Waals surface area contributed by atoms with Crippen molar-refractivity contribution in [2.24, 2.45) is 7.05 Å². The number of hydrogen-bond acceptors (Lipinski definition) is 2. The van der Waals surface area contributed by atoms with Crippen LogP contribution in [0.1, 0.15) is 34.6 Å². The molecule has 5 nitrogen and oxygen atoms in total. The van der Waals surface area contributed by atoms with Gasteiger partial charge in [0.25, 0.3) is 11.8 Å². The van der Waals surface area contributed by atoms with Crippen LogP contribution < -0.4 is 15.2 Å². The highest BCUT2D eigenvalue weighted by Crippen LogP contribution is 2.01. The quantitative estimate of drug-likeness (QED) is 0.723. The Hall–Kier alpha value is -1.91. The van der Waals surface area contributed by atoms with E-state index in [9.17, 15) is 9.59 Å². The van der Waals surface area contributed by atoms with Crippen molar-refractivity contribution in [3.8, 4) is 0 Å². The van der Waals surface area contributed by atoms with Gasteiger partial charge in [-0.1, -0.05) is 0 Å². The van der Waals surface area contributed by atoms with E-state index in [4.69, 9.17) is 0 Å². The third-order valence-electron chi connectivity index (χ3n) is 2.20. The first kappa shape index (κ1) is 13.2. The smallest absolute Gasteiger partial charge is 0.257 e. The lowest BCUT2D eigenvalue weighted by molar-refractivity contribution is -0.671. The third kappa shape index (κ3) is 3.55. The summed E-state index contributed by atoms with van der Waals surface area (Å²) in [7, 11) is 1.78.